The molecule has 0 aliphatic carbocycles. The maximum atomic E-state index is 12.5. The van der Waals surface area contributed by atoms with Crippen LogP contribution in [0.5, 0.6) is 0 Å². The third-order valence-corrected chi connectivity index (χ3v) is 4.30. The van der Waals surface area contributed by atoms with Gasteiger partial charge < -0.3 is 25.2 Å². The molecule has 1 aromatic rings. The number of aliphatic hydroxyl groups excluding tert-OH is 2. The van der Waals surface area contributed by atoms with E-state index in [1.807, 2.05) is 0 Å². The molecule has 7 nitrogen and oxygen atoms in total. The van der Waals surface area contributed by atoms with Gasteiger partial charge in [0.25, 0.3) is 11.8 Å². The summed E-state index contributed by atoms with van der Waals surface area (Å²) in [5, 5.41) is 22.3. The number of rotatable bonds is 5. The molecule has 4 atom stereocenters. The van der Waals surface area contributed by atoms with Crippen molar-refractivity contribution < 1.29 is 37.7 Å². The molecule has 156 valence electrons. The predicted molar refractivity (Wildman–Crippen MR) is 91.9 cm³/mol. The second-order valence-electron chi connectivity index (χ2n) is 6.80. The Kier molecular flexibility index (Phi) is 7.02. The molecule has 2 rings (SSSR count). The number of carbonyl (C=O) groups is 2. The van der Waals surface area contributed by atoms with E-state index in [9.17, 15) is 33.0 Å². The minimum atomic E-state index is -4.46. The zero-order valence-corrected chi connectivity index (χ0v) is 15.4. The second-order valence-corrected chi connectivity index (χ2v) is 6.80. The number of benzene rings is 1. The Bertz CT molecular complexity index is 685. The average Bonchev–Trinajstić information content (AvgIpc) is 2.63. The van der Waals surface area contributed by atoms with Gasteiger partial charge in [0.05, 0.1) is 17.8 Å². The van der Waals surface area contributed by atoms with Crippen LogP contribution in [0.1, 0.15) is 25.0 Å². The first-order valence-corrected chi connectivity index (χ1v) is 8.73. The first kappa shape index (κ1) is 22.1. The van der Waals surface area contributed by atoms with E-state index in [1.165, 1.54) is 17.0 Å². The van der Waals surface area contributed by atoms with E-state index in [-0.39, 0.29) is 31.8 Å². The average molecular weight is 404 g/mol. The number of aliphatic hydroxyl groups is 2. The number of carbonyl (C=O) groups excluding carboxylic acids is 2. The molecule has 1 aliphatic heterocycles. The van der Waals surface area contributed by atoms with Crippen LogP contribution in [-0.2, 0) is 27.0 Å². The number of hydrogen-bond donors (Lipinski definition) is 3. The SMILES string of the molecule is C[C@@H]1CN(C(=O)[C@H](O)[C@@H](O)C(=O)NCc2ccc(C(F)(F)F)cc2)C[C@H](C)O1. The van der Waals surface area contributed by atoms with Gasteiger partial charge in [0.2, 0.25) is 0 Å². The van der Waals surface area contributed by atoms with Gasteiger partial charge >= 0.3 is 6.18 Å². The van der Waals surface area contributed by atoms with Crippen LogP contribution in [-0.4, -0.2) is 64.4 Å². The monoisotopic (exact) mass is 404 g/mol. The van der Waals surface area contributed by atoms with Gasteiger partial charge in [0.1, 0.15) is 0 Å². The number of nitrogens with zero attached hydrogens (tertiary/aromatic N) is 1. The van der Waals surface area contributed by atoms with Gasteiger partial charge in [0.15, 0.2) is 12.2 Å². The number of amides is 2. The third-order valence-electron chi connectivity index (χ3n) is 4.30. The van der Waals surface area contributed by atoms with Gasteiger partial charge in [-0.2, -0.15) is 13.2 Å². The van der Waals surface area contributed by atoms with Crippen molar-refractivity contribution in [2.75, 3.05) is 13.1 Å². The van der Waals surface area contributed by atoms with E-state index in [0.29, 0.717) is 5.56 Å². The first-order chi connectivity index (χ1) is 13.0. The van der Waals surface area contributed by atoms with E-state index in [0.717, 1.165) is 12.1 Å². The van der Waals surface area contributed by atoms with Crippen molar-refractivity contribution in [3.8, 4) is 0 Å². The predicted octanol–water partition coefficient (Wildman–Crippen LogP) is 0.679. The smallest absolute Gasteiger partial charge is 0.380 e. The molecule has 1 aliphatic rings. The highest BCUT2D eigenvalue weighted by atomic mass is 19.4. The molecule has 3 N–H and O–H groups in total. The van der Waals surface area contributed by atoms with Crippen molar-refractivity contribution in [3.05, 3.63) is 35.4 Å². The lowest BCUT2D eigenvalue weighted by atomic mass is 10.1. The topological polar surface area (TPSA) is 99.1 Å². The van der Waals surface area contributed by atoms with Crippen LogP contribution in [0.4, 0.5) is 13.2 Å². The highest BCUT2D eigenvalue weighted by molar-refractivity contribution is 5.90. The van der Waals surface area contributed by atoms with Gasteiger partial charge in [-0.3, -0.25) is 9.59 Å². The zero-order chi connectivity index (χ0) is 21.1. The fourth-order valence-electron chi connectivity index (χ4n) is 2.93. The number of hydrogen-bond acceptors (Lipinski definition) is 5. The van der Waals surface area contributed by atoms with Gasteiger partial charge in [-0.05, 0) is 31.5 Å². The molecule has 1 heterocycles. The number of morpholine rings is 1. The lowest BCUT2D eigenvalue weighted by Crippen LogP contribution is -2.55. The van der Waals surface area contributed by atoms with Crippen LogP contribution in [0.2, 0.25) is 0 Å². The van der Waals surface area contributed by atoms with E-state index in [2.05, 4.69) is 5.32 Å². The van der Waals surface area contributed by atoms with Crippen LogP contribution in [0.25, 0.3) is 0 Å². The Hall–Kier alpha value is -2.17. The highest BCUT2D eigenvalue weighted by Gasteiger charge is 2.36. The number of nitrogens with one attached hydrogen (secondary N) is 1. The Labute approximate surface area is 160 Å². The molecular formula is C18H23F3N2O5. The number of halogens is 3. The summed E-state index contributed by atoms with van der Waals surface area (Å²) in [7, 11) is 0. The molecular weight excluding hydrogens is 381 g/mol. The Morgan fingerprint density at radius 2 is 1.68 bits per heavy atom. The van der Waals surface area contributed by atoms with Gasteiger partial charge in [0, 0.05) is 19.6 Å². The molecule has 1 aromatic carbocycles. The van der Waals surface area contributed by atoms with Crippen LogP contribution < -0.4 is 5.32 Å². The van der Waals surface area contributed by atoms with Crippen LogP contribution >= 0.6 is 0 Å². The van der Waals surface area contributed by atoms with Gasteiger partial charge in [-0.15, -0.1) is 0 Å². The fraction of sp³-hybridized carbons (Fsp3) is 0.556. The second kappa shape index (κ2) is 8.89. The largest absolute Gasteiger partial charge is 0.416 e. The quantitative estimate of drug-likeness (QED) is 0.670. The van der Waals surface area contributed by atoms with Crippen molar-refractivity contribution in [1.29, 1.82) is 0 Å². The molecule has 0 bridgehead atoms. The minimum absolute atomic E-state index is 0.166. The van der Waals surface area contributed by atoms with Crippen LogP contribution in [0.15, 0.2) is 24.3 Å². The molecule has 1 fully saturated rings. The summed E-state index contributed by atoms with van der Waals surface area (Å²) in [5.74, 6) is -1.80. The van der Waals surface area contributed by atoms with E-state index >= 15 is 0 Å². The summed E-state index contributed by atoms with van der Waals surface area (Å²) in [6, 6.07) is 4.12. The summed E-state index contributed by atoms with van der Waals surface area (Å²) in [6.07, 6.45) is -8.91. The van der Waals surface area contributed by atoms with Gasteiger partial charge in [-0.1, -0.05) is 12.1 Å². The highest BCUT2D eigenvalue weighted by Crippen LogP contribution is 2.29. The van der Waals surface area contributed by atoms with Crippen molar-refractivity contribution in [2.24, 2.45) is 0 Å². The molecule has 10 heteroatoms. The molecule has 0 radical (unpaired) electrons. The maximum Gasteiger partial charge on any atom is 0.416 e. The first-order valence-electron chi connectivity index (χ1n) is 8.73. The summed E-state index contributed by atoms with van der Waals surface area (Å²) in [5.41, 5.74) is -0.456. The van der Waals surface area contributed by atoms with E-state index in [1.54, 1.807) is 13.8 Å². The van der Waals surface area contributed by atoms with Crippen LogP contribution in [0, 0.1) is 0 Å². The molecule has 0 saturated carbocycles. The Morgan fingerprint density at radius 3 is 2.18 bits per heavy atom. The lowest BCUT2D eigenvalue weighted by Gasteiger charge is -2.36. The normalized spacial score (nSPS) is 22.5. The molecule has 28 heavy (non-hydrogen) atoms. The Morgan fingerprint density at radius 1 is 1.14 bits per heavy atom. The van der Waals surface area contributed by atoms with Crippen molar-refractivity contribution in [3.63, 3.8) is 0 Å². The van der Waals surface area contributed by atoms with E-state index in [4.69, 9.17) is 4.74 Å². The third kappa shape index (κ3) is 5.66. The summed E-state index contributed by atoms with van der Waals surface area (Å²) in [6.45, 7) is 3.80. The molecule has 0 unspecified atom stereocenters. The summed E-state index contributed by atoms with van der Waals surface area (Å²) < 4.78 is 43.1. The fourth-order valence-corrected chi connectivity index (χ4v) is 2.93. The summed E-state index contributed by atoms with van der Waals surface area (Å²) >= 11 is 0. The molecule has 0 spiro atoms. The molecule has 1 saturated heterocycles. The van der Waals surface area contributed by atoms with Crippen molar-refractivity contribution >= 4 is 11.8 Å². The van der Waals surface area contributed by atoms with E-state index < -0.39 is 35.8 Å². The Balaban J connectivity index is 1.90. The summed E-state index contributed by atoms with van der Waals surface area (Å²) in [4.78, 5) is 25.6. The maximum absolute atomic E-state index is 12.5. The van der Waals surface area contributed by atoms with Crippen LogP contribution in [0.3, 0.4) is 0 Å². The molecule has 2 amide bonds. The molecule has 0 aromatic heterocycles. The van der Waals surface area contributed by atoms with Gasteiger partial charge in [-0.25, -0.2) is 0 Å². The van der Waals surface area contributed by atoms with Crippen molar-refractivity contribution in [1.82, 2.24) is 10.2 Å². The van der Waals surface area contributed by atoms with Crippen molar-refractivity contribution in [2.45, 2.75) is 51.0 Å². The standard InChI is InChI=1S/C18H23F3N2O5/c1-10-8-23(9-11(2)28-10)17(27)15(25)14(24)16(26)22-7-12-3-5-13(6-4-12)18(19,20)21/h3-6,10-11,14-15,24-25H,7-9H2,1-2H3,(H,22,26)/t10-,11+,14-,15-/m1/s1. The number of alkyl halides is 3. The number of ether oxygens (including phenoxy) is 1. The minimum Gasteiger partial charge on any atom is -0.380 e. The lowest BCUT2D eigenvalue weighted by molar-refractivity contribution is -0.161. The zero-order valence-electron chi connectivity index (χ0n) is 15.4.